The van der Waals surface area contributed by atoms with E-state index >= 15 is 0 Å². The van der Waals surface area contributed by atoms with Gasteiger partial charge < -0.3 is 5.11 Å². The molecule has 0 saturated carbocycles. The van der Waals surface area contributed by atoms with Crippen LogP contribution in [0.4, 0.5) is 16.2 Å². The third-order valence-corrected chi connectivity index (χ3v) is 1.24. The van der Waals surface area contributed by atoms with Crippen molar-refractivity contribution < 1.29 is 14.8 Å². The molecule has 0 aromatic carbocycles. The molecule has 1 heterocycles. The standard InChI is InChI=1S/C6H5N3O4/c10-6(11)8-4-1-2-7-3-5(4)9(12)13/h1-3H,(H,7,8)(H,10,11). The molecule has 2 N–H and O–H groups in total. The van der Waals surface area contributed by atoms with E-state index in [4.69, 9.17) is 5.11 Å². The number of amides is 1. The molecule has 0 spiro atoms. The largest absolute Gasteiger partial charge is 0.465 e. The molecule has 1 aromatic rings. The minimum Gasteiger partial charge on any atom is -0.465 e. The van der Waals surface area contributed by atoms with Crippen LogP contribution in [0.1, 0.15) is 0 Å². The lowest BCUT2D eigenvalue weighted by atomic mass is 10.3. The summed E-state index contributed by atoms with van der Waals surface area (Å²) < 4.78 is 0. The lowest BCUT2D eigenvalue weighted by Crippen LogP contribution is -2.09. The van der Waals surface area contributed by atoms with Crippen molar-refractivity contribution in [2.75, 3.05) is 5.32 Å². The highest BCUT2D eigenvalue weighted by molar-refractivity contribution is 5.85. The van der Waals surface area contributed by atoms with Gasteiger partial charge in [0.1, 0.15) is 11.9 Å². The van der Waals surface area contributed by atoms with E-state index in [1.807, 2.05) is 5.32 Å². The first kappa shape index (κ1) is 8.91. The molecule has 1 rings (SSSR count). The number of carbonyl (C=O) groups is 1. The Morgan fingerprint density at radius 3 is 2.92 bits per heavy atom. The number of nitro groups is 1. The Labute approximate surface area is 72.2 Å². The molecule has 0 aliphatic heterocycles. The SMILES string of the molecule is O=C(O)Nc1ccncc1[N+](=O)[O-]. The number of carboxylic acid groups (broad SMARTS) is 1. The van der Waals surface area contributed by atoms with Crippen molar-refractivity contribution in [3.63, 3.8) is 0 Å². The van der Waals surface area contributed by atoms with E-state index in [1.54, 1.807) is 0 Å². The second-order valence-electron chi connectivity index (χ2n) is 2.08. The number of aromatic nitrogens is 1. The van der Waals surface area contributed by atoms with Crippen molar-refractivity contribution in [3.05, 3.63) is 28.6 Å². The van der Waals surface area contributed by atoms with Gasteiger partial charge in [-0.3, -0.25) is 20.4 Å². The number of nitrogens with one attached hydrogen (secondary N) is 1. The first-order chi connectivity index (χ1) is 6.11. The molecule has 0 aliphatic rings. The highest BCUT2D eigenvalue weighted by Crippen LogP contribution is 2.21. The van der Waals surface area contributed by atoms with Crippen LogP contribution in [0.5, 0.6) is 0 Å². The van der Waals surface area contributed by atoms with Gasteiger partial charge in [-0.05, 0) is 6.07 Å². The van der Waals surface area contributed by atoms with Gasteiger partial charge in [0.15, 0.2) is 0 Å². The molecular formula is C6H5N3O4. The summed E-state index contributed by atoms with van der Waals surface area (Å²) in [6.45, 7) is 0. The van der Waals surface area contributed by atoms with Crippen LogP contribution in [0, 0.1) is 10.1 Å². The van der Waals surface area contributed by atoms with Gasteiger partial charge in [-0.15, -0.1) is 0 Å². The highest BCUT2D eigenvalue weighted by atomic mass is 16.6. The Hall–Kier alpha value is -2.18. The third kappa shape index (κ3) is 2.12. The Bertz CT molecular complexity index is 351. The van der Waals surface area contributed by atoms with Crippen molar-refractivity contribution >= 4 is 17.5 Å². The van der Waals surface area contributed by atoms with Crippen LogP contribution >= 0.6 is 0 Å². The Morgan fingerprint density at radius 1 is 1.69 bits per heavy atom. The molecule has 0 fully saturated rings. The summed E-state index contributed by atoms with van der Waals surface area (Å²) in [5.74, 6) is 0. The first-order valence-electron chi connectivity index (χ1n) is 3.19. The predicted molar refractivity (Wildman–Crippen MR) is 42.5 cm³/mol. The molecule has 0 aliphatic carbocycles. The summed E-state index contributed by atoms with van der Waals surface area (Å²) in [6.07, 6.45) is 0.887. The Balaban J connectivity index is 3.04. The molecule has 0 atom stereocenters. The highest BCUT2D eigenvalue weighted by Gasteiger charge is 2.14. The number of hydrogen-bond acceptors (Lipinski definition) is 4. The van der Waals surface area contributed by atoms with Gasteiger partial charge in [0.05, 0.1) is 4.92 Å². The smallest absolute Gasteiger partial charge is 0.409 e. The van der Waals surface area contributed by atoms with E-state index in [2.05, 4.69) is 4.98 Å². The summed E-state index contributed by atoms with van der Waals surface area (Å²) in [6, 6.07) is 1.21. The summed E-state index contributed by atoms with van der Waals surface area (Å²) in [5.41, 5.74) is -0.461. The van der Waals surface area contributed by atoms with Crippen molar-refractivity contribution in [3.8, 4) is 0 Å². The number of rotatable bonds is 2. The molecule has 1 aromatic heterocycles. The van der Waals surface area contributed by atoms with E-state index in [0.29, 0.717) is 0 Å². The van der Waals surface area contributed by atoms with Gasteiger partial charge in [0.25, 0.3) is 0 Å². The zero-order valence-electron chi connectivity index (χ0n) is 6.30. The lowest BCUT2D eigenvalue weighted by Gasteiger charge is -1.99. The summed E-state index contributed by atoms with van der Waals surface area (Å²) in [4.78, 5) is 23.3. The maximum absolute atomic E-state index is 10.3. The van der Waals surface area contributed by atoms with E-state index in [0.717, 1.165) is 6.20 Å². The average molecular weight is 183 g/mol. The second-order valence-corrected chi connectivity index (χ2v) is 2.08. The molecule has 0 radical (unpaired) electrons. The predicted octanol–water partition coefficient (Wildman–Crippen LogP) is 1.08. The number of hydrogen-bond donors (Lipinski definition) is 2. The minimum absolute atomic E-state index is 0.0903. The van der Waals surface area contributed by atoms with E-state index in [1.165, 1.54) is 12.3 Å². The van der Waals surface area contributed by atoms with Gasteiger partial charge in [0.2, 0.25) is 0 Å². The molecule has 7 heteroatoms. The Morgan fingerprint density at radius 2 is 2.38 bits per heavy atom. The van der Waals surface area contributed by atoms with Gasteiger partial charge in [-0.1, -0.05) is 0 Å². The zero-order valence-corrected chi connectivity index (χ0v) is 6.30. The Kier molecular flexibility index (Phi) is 2.38. The normalized spacial score (nSPS) is 9.23. The average Bonchev–Trinajstić information content (AvgIpc) is 2.03. The second kappa shape index (κ2) is 3.48. The monoisotopic (exact) mass is 183 g/mol. The summed E-state index contributed by atoms with van der Waals surface area (Å²) >= 11 is 0. The van der Waals surface area contributed by atoms with Gasteiger partial charge in [0, 0.05) is 6.20 Å². The molecule has 7 nitrogen and oxygen atoms in total. The number of anilines is 1. The maximum atomic E-state index is 10.3. The lowest BCUT2D eigenvalue weighted by molar-refractivity contribution is -0.384. The fraction of sp³-hybridized carbons (Fsp3) is 0. The van der Waals surface area contributed by atoms with Crippen LogP contribution < -0.4 is 5.32 Å². The van der Waals surface area contributed by atoms with E-state index in [9.17, 15) is 14.9 Å². The quantitative estimate of drug-likeness (QED) is 0.527. The minimum atomic E-state index is -1.35. The van der Waals surface area contributed by atoms with Crippen molar-refractivity contribution in [1.82, 2.24) is 4.98 Å². The fourth-order valence-corrected chi connectivity index (χ4v) is 0.753. The van der Waals surface area contributed by atoms with Crippen LogP contribution in [0.3, 0.4) is 0 Å². The zero-order chi connectivity index (χ0) is 9.84. The van der Waals surface area contributed by atoms with Crippen LogP contribution in [0.2, 0.25) is 0 Å². The summed E-state index contributed by atoms with van der Waals surface area (Å²) in [7, 11) is 0. The van der Waals surface area contributed by atoms with Crippen molar-refractivity contribution in [2.45, 2.75) is 0 Å². The number of nitrogens with zero attached hydrogens (tertiary/aromatic N) is 2. The molecule has 13 heavy (non-hydrogen) atoms. The molecule has 0 bridgehead atoms. The van der Waals surface area contributed by atoms with E-state index in [-0.39, 0.29) is 11.4 Å². The topological polar surface area (TPSA) is 105 Å². The van der Waals surface area contributed by atoms with Crippen molar-refractivity contribution in [1.29, 1.82) is 0 Å². The first-order valence-corrected chi connectivity index (χ1v) is 3.19. The van der Waals surface area contributed by atoms with Gasteiger partial charge in [-0.25, -0.2) is 4.79 Å². The van der Waals surface area contributed by atoms with Crippen molar-refractivity contribution in [2.24, 2.45) is 0 Å². The molecule has 68 valence electrons. The van der Waals surface area contributed by atoms with Gasteiger partial charge >= 0.3 is 11.8 Å². The van der Waals surface area contributed by atoms with Crippen LogP contribution in [0.15, 0.2) is 18.5 Å². The van der Waals surface area contributed by atoms with Crippen LogP contribution in [-0.4, -0.2) is 21.1 Å². The van der Waals surface area contributed by atoms with Crippen LogP contribution in [-0.2, 0) is 0 Å². The summed E-state index contributed by atoms with van der Waals surface area (Å²) in [5, 5.41) is 20.5. The van der Waals surface area contributed by atoms with Gasteiger partial charge in [-0.2, -0.15) is 0 Å². The molecule has 1 amide bonds. The fourth-order valence-electron chi connectivity index (χ4n) is 0.753. The van der Waals surface area contributed by atoms with Crippen LogP contribution in [0.25, 0.3) is 0 Å². The molecule has 0 saturated heterocycles. The molecular weight excluding hydrogens is 178 g/mol. The van der Waals surface area contributed by atoms with E-state index < -0.39 is 11.0 Å². The number of pyridine rings is 1. The third-order valence-electron chi connectivity index (χ3n) is 1.24. The maximum Gasteiger partial charge on any atom is 0.409 e. The molecule has 0 unspecified atom stereocenters.